The fraction of sp³-hybridized carbons (Fsp3) is 0. The Morgan fingerprint density at radius 3 is 2.22 bits per heavy atom. The molecule has 45 valence electrons. The van der Waals surface area contributed by atoms with Gasteiger partial charge in [0.25, 0.3) is 0 Å². The minimum Gasteiger partial charge on any atom is -1.00 e. The van der Waals surface area contributed by atoms with Gasteiger partial charge in [-0.25, -0.2) is 4.39 Å². The minimum atomic E-state index is -0.209. The van der Waals surface area contributed by atoms with Crippen LogP contribution < -0.4 is 17.0 Å². The standard InChI is InChI=1S/C6H4F.BrH.Zn/c7-6-4-2-1-3-5-6;;/h2-5H;1H;/p-1. The molecule has 0 aliphatic heterocycles. The van der Waals surface area contributed by atoms with Crippen molar-refractivity contribution in [2.75, 3.05) is 0 Å². The Hall–Kier alpha value is 0.293. The van der Waals surface area contributed by atoms with Crippen LogP contribution >= 0.6 is 0 Å². The van der Waals surface area contributed by atoms with E-state index in [4.69, 9.17) is 0 Å². The first-order valence-electron chi connectivity index (χ1n) is 2.01. The van der Waals surface area contributed by atoms with Crippen molar-refractivity contribution < 1.29 is 40.8 Å². The molecule has 0 bridgehead atoms. The maximum atomic E-state index is 11.9. The molecule has 3 heteroatoms. The normalized spacial score (nSPS) is 13.2. The summed E-state index contributed by atoms with van der Waals surface area (Å²) in [5.74, 6) is -0.209. The third-order valence-corrected chi connectivity index (χ3v) is 0.678. The van der Waals surface area contributed by atoms with E-state index in [0.717, 1.165) is 0 Å². The molecule has 0 saturated carbocycles. The third-order valence-electron chi connectivity index (χ3n) is 0.678. The van der Waals surface area contributed by atoms with E-state index < -0.39 is 0 Å². The molecule has 0 nitrogen and oxygen atoms in total. The quantitative estimate of drug-likeness (QED) is 0.367. The first kappa shape index (κ1) is 12.0. The summed E-state index contributed by atoms with van der Waals surface area (Å²) in [4.78, 5) is 0. The first-order valence-corrected chi connectivity index (χ1v) is 2.01. The van der Waals surface area contributed by atoms with E-state index in [0.29, 0.717) is 0 Å². The van der Waals surface area contributed by atoms with Crippen molar-refractivity contribution >= 4 is 0 Å². The average molecular weight is 240 g/mol. The molecule has 1 radical (unpaired) electrons. The second-order valence-electron chi connectivity index (χ2n) is 1.22. The van der Waals surface area contributed by atoms with Gasteiger partial charge in [-0.1, -0.05) is 0 Å². The summed E-state index contributed by atoms with van der Waals surface area (Å²) >= 11 is 0. The summed E-state index contributed by atoms with van der Waals surface area (Å²) in [6, 6.07) is 0. The molecular formula is C6H4BrFZn-. The largest absolute Gasteiger partial charge is 1.00 e. The van der Waals surface area contributed by atoms with Crippen LogP contribution in [0.5, 0.6) is 0 Å². The van der Waals surface area contributed by atoms with E-state index in [-0.39, 0.29) is 42.3 Å². The predicted octanol–water partition coefficient (Wildman–Crippen LogP) is -1.23. The SMILES string of the molecule is FC1=CC=C=C[CH]1.[Br-].[Zn]. The number of hydrogen-bond donors (Lipinski definition) is 0. The summed E-state index contributed by atoms with van der Waals surface area (Å²) < 4.78 is 11.9. The van der Waals surface area contributed by atoms with Crippen molar-refractivity contribution in [1.29, 1.82) is 0 Å². The van der Waals surface area contributed by atoms with Crippen LogP contribution in [-0.4, -0.2) is 0 Å². The molecule has 9 heavy (non-hydrogen) atoms. The van der Waals surface area contributed by atoms with Crippen LogP contribution in [0.3, 0.4) is 0 Å². The van der Waals surface area contributed by atoms with Gasteiger partial charge in [-0.05, 0) is 18.2 Å². The molecule has 0 atom stereocenters. The Labute approximate surface area is 77.1 Å². The number of rotatable bonds is 0. The van der Waals surface area contributed by atoms with Gasteiger partial charge < -0.3 is 17.0 Å². The van der Waals surface area contributed by atoms with E-state index in [1.54, 1.807) is 0 Å². The summed E-state index contributed by atoms with van der Waals surface area (Å²) in [6.07, 6.45) is 5.80. The Kier molecular flexibility index (Phi) is 8.56. The Morgan fingerprint density at radius 2 is 2.00 bits per heavy atom. The second-order valence-corrected chi connectivity index (χ2v) is 1.22. The maximum Gasteiger partial charge on any atom is 0.109 e. The zero-order chi connectivity index (χ0) is 5.11. The third kappa shape index (κ3) is 4.78. The minimum absolute atomic E-state index is 0. The molecule has 0 unspecified atom stereocenters. The van der Waals surface area contributed by atoms with Crippen molar-refractivity contribution in [3.63, 3.8) is 0 Å². The van der Waals surface area contributed by atoms with Crippen molar-refractivity contribution in [2.45, 2.75) is 0 Å². The zero-order valence-electron chi connectivity index (χ0n) is 4.77. The van der Waals surface area contributed by atoms with Crippen LogP contribution in [-0.2, 0) is 19.5 Å². The summed E-state index contributed by atoms with van der Waals surface area (Å²) in [5, 5.41) is 0. The van der Waals surface area contributed by atoms with E-state index in [2.05, 4.69) is 5.73 Å². The Morgan fingerprint density at radius 1 is 1.33 bits per heavy atom. The zero-order valence-corrected chi connectivity index (χ0v) is 9.33. The van der Waals surface area contributed by atoms with E-state index >= 15 is 0 Å². The molecule has 0 aromatic rings. The number of allylic oxidation sites excluding steroid dienone is 3. The molecule has 0 amide bonds. The second kappa shape index (κ2) is 6.41. The topological polar surface area (TPSA) is 0 Å². The van der Waals surface area contributed by atoms with Gasteiger partial charge >= 0.3 is 0 Å². The fourth-order valence-corrected chi connectivity index (χ4v) is 0.367. The maximum absolute atomic E-state index is 11.9. The number of halogens is 2. The van der Waals surface area contributed by atoms with Crippen molar-refractivity contribution in [3.05, 3.63) is 36.2 Å². The van der Waals surface area contributed by atoms with Gasteiger partial charge in [0.2, 0.25) is 0 Å². The van der Waals surface area contributed by atoms with Crippen LogP contribution in [0.4, 0.5) is 4.39 Å². The average Bonchev–Trinajstić information content (AvgIpc) is 1.69. The molecule has 0 saturated heterocycles. The van der Waals surface area contributed by atoms with Gasteiger partial charge in [-0.15, -0.1) is 5.73 Å². The molecule has 1 rings (SSSR count). The molecule has 1 aliphatic carbocycles. The van der Waals surface area contributed by atoms with Crippen molar-refractivity contribution in [1.82, 2.24) is 0 Å². The molecule has 0 heterocycles. The molecule has 0 spiro atoms. The smallest absolute Gasteiger partial charge is 0.109 e. The van der Waals surface area contributed by atoms with Crippen LogP contribution in [0.25, 0.3) is 0 Å². The summed E-state index contributed by atoms with van der Waals surface area (Å²) in [5.41, 5.74) is 2.69. The van der Waals surface area contributed by atoms with E-state index in [9.17, 15) is 4.39 Å². The number of hydrogen-bond acceptors (Lipinski definition) is 0. The van der Waals surface area contributed by atoms with Gasteiger partial charge in [0, 0.05) is 25.9 Å². The van der Waals surface area contributed by atoms with E-state index in [1.807, 2.05) is 0 Å². The summed E-state index contributed by atoms with van der Waals surface area (Å²) in [6.45, 7) is 0. The molecular weight excluding hydrogens is 236 g/mol. The van der Waals surface area contributed by atoms with Crippen LogP contribution in [0.15, 0.2) is 29.8 Å². The van der Waals surface area contributed by atoms with Gasteiger partial charge in [-0.2, -0.15) is 0 Å². The van der Waals surface area contributed by atoms with Crippen LogP contribution in [0.2, 0.25) is 0 Å². The summed E-state index contributed by atoms with van der Waals surface area (Å²) in [7, 11) is 0. The Bertz CT molecular complexity index is 156. The van der Waals surface area contributed by atoms with Gasteiger partial charge in [0.15, 0.2) is 0 Å². The van der Waals surface area contributed by atoms with Crippen LogP contribution in [0.1, 0.15) is 0 Å². The van der Waals surface area contributed by atoms with Crippen molar-refractivity contribution in [3.8, 4) is 0 Å². The predicted molar refractivity (Wildman–Crippen MR) is 26.1 cm³/mol. The first-order chi connectivity index (χ1) is 3.39. The van der Waals surface area contributed by atoms with Gasteiger partial charge in [0.05, 0.1) is 0 Å². The van der Waals surface area contributed by atoms with E-state index in [1.165, 1.54) is 24.6 Å². The van der Waals surface area contributed by atoms with Gasteiger partial charge in [-0.3, -0.25) is 0 Å². The Balaban J connectivity index is 0. The van der Waals surface area contributed by atoms with Gasteiger partial charge in [0.1, 0.15) is 5.83 Å². The molecule has 0 aromatic heterocycles. The fourth-order valence-electron chi connectivity index (χ4n) is 0.367. The molecule has 1 aliphatic rings. The van der Waals surface area contributed by atoms with Crippen molar-refractivity contribution in [2.24, 2.45) is 0 Å². The monoisotopic (exact) mass is 238 g/mol. The molecule has 0 fully saturated rings. The van der Waals surface area contributed by atoms with Crippen LogP contribution in [0, 0.1) is 6.42 Å². The molecule has 0 aromatic carbocycles. The molecule has 0 N–H and O–H groups in total.